The Morgan fingerprint density at radius 1 is 1.12 bits per heavy atom. The second-order valence-corrected chi connectivity index (χ2v) is 9.34. The van der Waals surface area contributed by atoms with Crippen molar-refractivity contribution in [2.24, 2.45) is 17.8 Å². The van der Waals surface area contributed by atoms with Gasteiger partial charge in [0.1, 0.15) is 17.3 Å². The Bertz CT molecular complexity index is 845. The molecule has 0 saturated carbocycles. The fourth-order valence-corrected chi connectivity index (χ4v) is 5.43. The molecule has 3 rings (SSSR count). The number of Topliss-reactive ketones (excluding diaryl/α,β-unsaturated/α-hetero) is 3. The van der Waals surface area contributed by atoms with Crippen molar-refractivity contribution in [3.63, 3.8) is 0 Å². The maximum atomic E-state index is 13.0. The highest BCUT2D eigenvalue weighted by atomic mass is 16.3. The third kappa shape index (κ3) is 5.56. The third-order valence-electron chi connectivity index (χ3n) is 6.95. The molecule has 1 saturated heterocycles. The zero-order chi connectivity index (χ0) is 23.3. The maximum Gasteiger partial charge on any atom is 0.167 e. The zero-order valence-corrected chi connectivity index (χ0v) is 18.9. The van der Waals surface area contributed by atoms with Gasteiger partial charge in [0.05, 0.1) is 18.6 Å². The van der Waals surface area contributed by atoms with Gasteiger partial charge in [-0.05, 0) is 75.0 Å². The summed E-state index contributed by atoms with van der Waals surface area (Å²) < 4.78 is 0. The number of benzene rings is 1. The summed E-state index contributed by atoms with van der Waals surface area (Å²) in [5, 5.41) is 29.8. The van der Waals surface area contributed by atoms with Crippen LogP contribution in [0.25, 0.3) is 0 Å². The van der Waals surface area contributed by atoms with Gasteiger partial charge in [-0.3, -0.25) is 14.4 Å². The van der Waals surface area contributed by atoms with Gasteiger partial charge in [0, 0.05) is 37.7 Å². The molecule has 1 aliphatic carbocycles. The van der Waals surface area contributed by atoms with E-state index in [1.54, 1.807) is 6.07 Å². The van der Waals surface area contributed by atoms with Gasteiger partial charge in [-0.15, -0.1) is 0 Å². The number of nitrogens with zero attached hydrogens (tertiary/aromatic N) is 1. The number of phenols is 1. The van der Waals surface area contributed by atoms with E-state index in [0.29, 0.717) is 24.8 Å². The summed E-state index contributed by atoms with van der Waals surface area (Å²) in [6, 6.07) is 3.51. The minimum absolute atomic E-state index is 0.0148. The molecule has 1 aromatic rings. The summed E-state index contributed by atoms with van der Waals surface area (Å²) in [7, 11) is 0. The van der Waals surface area contributed by atoms with Crippen molar-refractivity contribution in [3.8, 4) is 5.75 Å². The first-order valence-corrected chi connectivity index (χ1v) is 11.7. The second-order valence-electron chi connectivity index (χ2n) is 9.34. The number of aliphatic hydroxyl groups excluding tert-OH is 2. The standard InChI is InChI=1S/C25H35NO6/c1-16(29)11-23(31)20(15-28)18(7-10-27)12-17-13-19-21(26-8-3-2-4-9-26)5-6-22(30)25(19)24(32)14-17/h5-6,17-18,20,27-28,30H,2-4,7-15H2,1H3. The van der Waals surface area contributed by atoms with Crippen molar-refractivity contribution in [1.82, 2.24) is 0 Å². The number of aromatic hydroxyl groups is 1. The van der Waals surface area contributed by atoms with E-state index in [1.165, 1.54) is 13.3 Å². The van der Waals surface area contributed by atoms with Gasteiger partial charge in [-0.25, -0.2) is 0 Å². The Hall–Kier alpha value is -2.25. The number of ketones is 3. The molecule has 0 radical (unpaired) electrons. The number of carbonyl (C=O) groups excluding carboxylic acids is 3. The summed E-state index contributed by atoms with van der Waals surface area (Å²) in [6.07, 6.45) is 4.84. The van der Waals surface area contributed by atoms with Gasteiger partial charge in [-0.2, -0.15) is 0 Å². The first-order valence-electron chi connectivity index (χ1n) is 11.7. The summed E-state index contributed by atoms with van der Waals surface area (Å²) in [4.78, 5) is 39.3. The van der Waals surface area contributed by atoms with Crippen LogP contribution in [-0.4, -0.2) is 59.0 Å². The number of aliphatic hydroxyl groups is 2. The molecule has 176 valence electrons. The lowest BCUT2D eigenvalue weighted by molar-refractivity contribution is -0.131. The fourth-order valence-electron chi connectivity index (χ4n) is 5.43. The molecule has 1 aromatic carbocycles. The monoisotopic (exact) mass is 445 g/mol. The molecule has 7 nitrogen and oxygen atoms in total. The minimum atomic E-state index is -0.728. The molecule has 0 bridgehead atoms. The molecule has 0 amide bonds. The van der Waals surface area contributed by atoms with Crippen molar-refractivity contribution >= 4 is 23.0 Å². The normalized spacial score (nSPS) is 20.5. The highest BCUT2D eigenvalue weighted by Crippen LogP contribution is 2.41. The van der Waals surface area contributed by atoms with Gasteiger partial charge in [0.15, 0.2) is 5.78 Å². The van der Waals surface area contributed by atoms with Gasteiger partial charge < -0.3 is 20.2 Å². The van der Waals surface area contributed by atoms with Crippen LogP contribution >= 0.6 is 0 Å². The SMILES string of the molecule is CC(=O)CC(=O)C(CO)C(CCO)CC1CC(=O)c2c(O)ccc(N3CCCCC3)c2C1. The van der Waals surface area contributed by atoms with Crippen LogP contribution in [0, 0.1) is 17.8 Å². The molecule has 7 heteroatoms. The lowest BCUT2D eigenvalue weighted by atomic mass is 9.73. The first-order chi connectivity index (χ1) is 15.3. The highest BCUT2D eigenvalue weighted by molar-refractivity contribution is 6.02. The summed E-state index contributed by atoms with van der Waals surface area (Å²) in [6.45, 7) is 2.68. The van der Waals surface area contributed by atoms with Crippen LogP contribution in [0.4, 0.5) is 5.69 Å². The van der Waals surface area contributed by atoms with Crippen LogP contribution in [0.3, 0.4) is 0 Å². The molecule has 0 spiro atoms. The predicted molar refractivity (Wildman–Crippen MR) is 121 cm³/mol. The summed E-state index contributed by atoms with van der Waals surface area (Å²) in [5.74, 6) is -1.75. The molecule has 3 unspecified atom stereocenters. The van der Waals surface area contributed by atoms with E-state index >= 15 is 0 Å². The lowest BCUT2D eigenvalue weighted by Gasteiger charge is -2.35. The number of hydrogen-bond donors (Lipinski definition) is 3. The highest BCUT2D eigenvalue weighted by Gasteiger charge is 2.35. The predicted octanol–water partition coefficient (Wildman–Crippen LogP) is 2.67. The molecule has 1 aliphatic heterocycles. The van der Waals surface area contributed by atoms with E-state index in [9.17, 15) is 29.7 Å². The van der Waals surface area contributed by atoms with Crippen LogP contribution in [0.15, 0.2) is 12.1 Å². The molecule has 1 heterocycles. The third-order valence-corrected chi connectivity index (χ3v) is 6.95. The number of hydrogen-bond acceptors (Lipinski definition) is 7. The minimum Gasteiger partial charge on any atom is -0.507 e. The van der Waals surface area contributed by atoms with E-state index in [4.69, 9.17) is 0 Å². The zero-order valence-electron chi connectivity index (χ0n) is 18.9. The van der Waals surface area contributed by atoms with Crippen LogP contribution in [0.5, 0.6) is 5.75 Å². The van der Waals surface area contributed by atoms with E-state index in [1.807, 2.05) is 6.07 Å². The largest absolute Gasteiger partial charge is 0.507 e. The Labute approximate surface area is 189 Å². The number of fused-ring (bicyclic) bond motifs is 1. The average Bonchev–Trinajstić information content (AvgIpc) is 2.74. The number of anilines is 1. The van der Waals surface area contributed by atoms with E-state index in [2.05, 4.69) is 4.90 Å². The fraction of sp³-hybridized carbons (Fsp3) is 0.640. The molecular weight excluding hydrogens is 410 g/mol. The van der Waals surface area contributed by atoms with Crippen LogP contribution in [0.2, 0.25) is 0 Å². The Morgan fingerprint density at radius 3 is 2.47 bits per heavy atom. The molecule has 3 N–H and O–H groups in total. The molecule has 1 fully saturated rings. The quantitative estimate of drug-likeness (QED) is 0.474. The number of carbonyl (C=O) groups is 3. The summed E-state index contributed by atoms with van der Waals surface area (Å²) >= 11 is 0. The number of phenolic OH excluding ortho intramolecular Hbond substituents is 1. The average molecular weight is 446 g/mol. The van der Waals surface area contributed by atoms with Crippen molar-refractivity contribution in [3.05, 3.63) is 23.3 Å². The van der Waals surface area contributed by atoms with E-state index in [0.717, 1.165) is 37.2 Å². The van der Waals surface area contributed by atoms with Crippen LogP contribution < -0.4 is 4.90 Å². The van der Waals surface area contributed by atoms with Crippen LogP contribution in [0.1, 0.15) is 67.8 Å². The molecular formula is C25H35NO6. The van der Waals surface area contributed by atoms with Crippen molar-refractivity contribution in [2.75, 3.05) is 31.2 Å². The molecule has 3 atom stereocenters. The second kappa shape index (κ2) is 11.1. The smallest absolute Gasteiger partial charge is 0.167 e. The summed E-state index contributed by atoms with van der Waals surface area (Å²) in [5.41, 5.74) is 2.28. The molecule has 0 aromatic heterocycles. The van der Waals surface area contributed by atoms with Crippen molar-refractivity contribution in [2.45, 2.75) is 58.3 Å². The topological polar surface area (TPSA) is 115 Å². The molecule has 32 heavy (non-hydrogen) atoms. The van der Waals surface area contributed by atoms with Crippen LogP contribution in [-0.2, 0) is 16.0 Å². The Kier molecular flexibility index (Phi) is 8.43. The van der Waals surface area contributed by atoms with E-state index in [-0.39, 0.29) is 61.0 Å². The first kappa shape index (κ1) is 24.4. The number of piperidine rings is 1. The van der Waals surface area contributed by atoms with Crippen molar-refractivity contribution in [1.29, 1.82) is 0 Å². The molecule has 2 aliphatic rings. The lowest BCUT2D eigenvalue weighted by Crippen LogP contribution is -2.34. The van der Waals surface area contributed by atoms with Gasteiger partial charge in [-0.1, -0.05) is 0 Å². The Morgan fingerprint density at radius 2 is 1.84 bits per heavy atom. The van der Waals surface area contributed by atoms with Gasteiger partial charge in [0.2, 0.25) is 0 Å². The maximum absolute atomic E-state index is 13.0. The Balaban J connectivity index is 1.85. The van der Waals surface area contributed by atoms with Gasteiger partial charge in [0.25, 0.3) is 0 Å². The van der Waals surface area contributed by atoms with E-state index < -0.39 is 5.92 Å². The van der Waals surface area contributed by atoms with Gasteiger partial charge >= 0.3 is 0 Å². The van der Waals surface area contributed by atoms with Crippen molar-refractivity contribution < 1.29 is 29.7 Å². The number of rotatable bonds is 10.